The fourth-order valence-corrected chi connectivity index (χ4v) is 1.73. The molecule has 6 heteroatoms. The molecule has 0 radical (unpaired) electrons. The second-order valence-corrected chi connectivity index (χ2v) is 4.25. The molecule has 4 nitrogen and oxygen atoms in total. The summed E-state index contributed by atoms with van der Waals surface area (Å²) in [5, 5.41) is 9.66. The Balaban J connectivity index is 2.94. The summed E-state index contributed by atoms with van der Waals surface area (Å²) >= 11 is 11.9. The Kier molecular flexibility index (Phi) is 6.37. The number of rotatable bonds is 5. The Hall–Kier alpha value is -1.54. The second kappa shape index (κ2) is 7.80. The van der Waals surface area contributed by atoms with Gasteiger partial charge < -0.3 is 9.47 Å². The molecule has 0 unspecified atom stereocenters. The van der Waals surface area contributed by atoms with Gasteiger partial charge in [-0.25, -0.2) is 4.79 Å². The molecule has 1 aromatic rings. The fraction of sp³-hybridized carbons (Fsp3) is 0.231. The van der Waals surface area contributed by atoms with Gasteiger partial charge in [-0.1, -0.05) is 29.3 Å². The molecule has 0 fully saturated rings. The SMILES string of the molecule is COCCOC(=O)/C(C#N)=C/c1c(Cl)cccc1Cl. The third-order valence-electron chi connectivity index (χ3n) is 2.15. The highest BCUT2D eigenvalue weighted by atomic mass is 35.5. The molecule has 0 saturated carbocycles. The number of hydrogen-bond acceptors (Lipinski definition) is 4. The van der Waals surface area contributed by atoms with Gasteiger partial charge in [-0.15, -0.1) is 0 Å². The summed E-state index contributed by atoms with van der Waals surface area (Å²) in [6.45, 7) is 0.335. The Morgan fingerprint density at radius 2 is 2.00 bits per heavy atom. The van der Waals surface area contributed by atoms with Gasteiger partial charge >= 0.3 is 5.97 Å². The van der Waals surface area contributed by atoms with E-state index in [2.05, 4.69) is 0 Å². The summed E-state index contributed by atoms with van der Waals surface area (Å²) in [5.74, 6) is -0.740. The molecule has 1 rings (SSSR count). The first-order chi connectivity index (χ1) is 9.10. The number of hydrogen-bond donors (Lipinski definition) is 0. The zero-order valence-electron chi connectivity index (χ0n) is 10.2. The van der Waals surface area contributed by atoms with Gasteiger partial charge in [-0.3, -0.25) is 0 Å². The van der Waals surface area contributed by atoms with E-state index >= 15 is 0 Å². The van der Waals surface area contributed by atoms with Crippen LogP contribution < -0.4 is 0 Å². The lowest BCUT2D eigenvalue weighted by Gasteiger charge is -2.04. The van der Waals surface area contributed by atoms with Gasteiger partial charge in [0, 0.05) is 22.7 Å². The van der Waals surface area contributed by atoms with Crippen molar-refractivity contribution < 1.29 is 14.3 Å². The molecule has 1 aromatic carbocycles. The van der Waals surface area contributed by atoms with Gasteiger partial charge in [0.05, 0.1) is 6.61 Å². The van der Waals surface area contributed by atoms with Crippen molar-refractivity contribution in [1.29, 1.82) is 5.26 Å². The number of carbonyl (C=O) groups is 1. The number of benzene rings is 1. The molecule has 100 valence electrons. The van der Waals surface area contributed by atoms with Crippen LogP contribution >= 0.6 is 23.2 Å². The van der Waals surface area contributed by atoms with E-state index in [4.69, 9.17) is 37.9 Å². The molecule has 0 spiro atoms. The summed E-state index contributed by atoms with van der Waals surface area (Å²) in [6, 6.07) is 6.66. The maximum atomic E-state index is 11.6. The van der Waals surface area contributed by atoms with E-state index in [1.165, 1.54) is 13.2 Å². The number of nitriles is 1. The average molecular weight is 300 g/mol. The number of ether oxygens (including phenoxy) is 2. The first-order valence-electron chi connectivity index (χ1n) is 5.32. The van der Waals surface area contributed by atoms with Crippen LogP contribution in [-0.4, -0.2) is 26.3 Å². The minimum atomic E-state index is -0.740. The third kappa shape index (κ3) is 4.56. The van der Waals surface area contributed by atoms with Crippen LogP contribution in [0.1, 0.15) is 5.56 Å². The van der Waals surface area contributed by atoms with Crippen LogP contribution in [0.3, 0.4) is 0 Å². The lowest BCUT2D eigenvalue weighted by Crippen LogP contribution is -2.11. The number of carbonyl (C=O) groups excluding carboxylic acids is 1. The van der Waals surface area contributed by atoms with Gasteiger partial charge in [0.25, 0.3) is 0 Å². The van der Waals surface area contributed by atoms with Crippen molar-refractivity contribution in [3.8, 4) is 6.07 Å². The van der Waals surface area contributed by atoms with Crippen molar-refractivity contribution in [2.45, 2.75) is 0 Å². The molecule has 0 atom stereocenters. The highest BCUT2D eigenvalue weighted by molar-refractivity contribution is 6.37. The quantitative estimate of drug-likeness (QED) is 0.363. The van der Waals surface area contributed by atoms with E-state index in [-0.39, 0.29) is 18.8 Å². The van der Waals surface area contributed by atoms with Crippen LogP contribution in [0, 0.1) is 11.3 Å². The van der Waals surface area contributed by atoms with Gasteiger partial charge in [-0.05, 0) is 18.2 Å². The summed E-state index contributed by atoms with van der Waals surface area (Å²) < 4.78 is 9.59. The van der Waals surface area contributed by atoms with Crippen molar-refractivity contribution in [3.63, 3.8) is 0 Å². The van der Waals surface area contributed by atoms with Crippen molar-refractivity contribution in [1.82, 2.24) is 0 Å². The van der Waals surface area contributed by atoms with Crippen molar-refractivity contribution >= 4 is 35.2 Å². The average Bonchev–Trinajstić information content (AvgIpc) is 2.38. The van der Waals surface area contributed by atoms with E-state index in [1.54, 1.807) is 24.3 Å². The Morgan fingerprint density at radius 1 is 1.37 bits per heavy atom. The monoisotopic (exact) mass is 299 g/mol. The van der Waals surface area contributed by atoms with Crippen molar-refractivity contribution in [2.75, 3.05) is 20.3 Å². The third-order valence-corrected chi connectivity index (χ3v) is 2.81. The Morgan fingerprint density at radius 3 is 2.53 bits per heavy atom. The lowest BCUT2D eigenvalue weighted by atomic mass is 10.1. The molecule has 0 saturated heterocycles. The zero-order valence-corrected chi connectivity index (χ0v) is 11.7. The van der Waals surface area contributed by atoms with Gasteiger partial charge in [0.1, 0.15) is 18.2 Å². The number of esters is 1. The van der Waals surface area contributed by atoms with Crippen LogP contribution in [0.4, 0.5) is 0 Å². The summed E-state index contributed by atoms with van der Waals surface area (Å²) in [5.41, 5.74) is 0.233. The normalized spacial score (nSPS) is 10.9. The van der Waals surface area contributed by atoms with Crippen LogP contribution in [0.15, 0.2) is 23.8 Å². The highest BCUT2D eigenvalue weighted by Gasteiger charge is 2.13. The minimum Gasteiger partial charge on any atom is -0.459 e. The van der Waals surface area contributed by atoms with E-state index in [1.807, 2.05) is 0 Å². The molecule has 0 amide bonds. The van der Waals surface area contributed by atoms with Gasteiger partial charge in [-0.2, -0.15) is 5.26 Å². The number of nitrogens with zero attached hydrogens (tertiary/aromatic N) is 1. The number of methoxy groups -OCH3 is 1. The Bertz CT molecular complexity index is 515. The smallest absolute Gasteiger partial charge is 0.348 e. The van der Waals surface area contributed by atoms with Crippen LogP contribution in [0.25, 0.3) is 6.08 Å². The predicted molar refractivity (Wildman–Crippen MR) is 72.9 cm³/mol. The van der Waals surface area contributed by atoms with E-state index < -0.39 is 5.97 Å². The molecule has 0 heterocycles. The Labute approximate surface area is 121 Å². The van der Waals surface area contributed by atoms with Gasteiger partial charge in [0.2, 0.25) is 0 Å². The van der Waals surface area contributed by atoms with E-state index in [0.29, 0.717) is 15.6 Å². The summed E-state index contributed by atoms with van der Waals surface area (Å²) in [7, 11) is 1.48. The van der Waals surface area contributed by atoms with Crippen LogP contribution in [-0.2, 0) is 14.3 Å². The van der Waals surface area contributed by atoms with E-state index in [9.17, 15) is 4.79 Å². The second-order valence-electron chi connectivity index (χ2n) is 3.43. The largest absolute Gasteiger partial charge is 0.459 e. The molecule has 0 aliphatic rings. The first-order valence-corrected chi connectivity index (χ1v) is 6.07. The topological polar surface area (TPSA) is 59.3 Å². The van der Waals surface area contributed by atoms with Gasteiger partial charge in [0.15, 0.2) is 0 Å². The van der Waals surface area contributed by atoms with Crippen LogP contribution in [0.2, 0.25) is 10.0 Å². The summed E-state index contributed by atoms with van der Waals surface area (Å²) in [4.78, 5) is 11.6. The highest BCUT2D eigenvalue weighted by Crippen LogP contribution is 2.26. The van der Waals surface area contributed by atoms with Crippen molar-refractivity contribution in [3.05, 3.63) is 39.4 Å². The van der Waals surface area contributed by atoms with Crippen LogP contribution in [0.5, 0.6) is 0 Å². The fourth-order valence-electron chi connectivity index (χ4n) is 1.23. The molecule has 0 N–H and O–H groups in total. The first kappa shape index (κ1) is 15.5. The zero-order chi connectivity index (χ0) is 14.3. The molecular weight excluding hydrogens is 289 g/mol. The summed E-state index contributed by atoms with van der Waals surface area (Å²) in [6.07, 6.45) is 1.31. The molecule has 0 bridgehead atoms. The predicted octanol–water partition coefficient (Wildman–Crippen LogP) is 3.09. The molecule has 0 aromatic heterocycles. The molecular formula is C13H11Cl2NO3. The maximum absolute atomic E-state index is 11.6. The lowest BCUT2D eigenvalue weighted by molar-refractivity contribution is -0.139. The standard InChI is InChI=1S/C13H11Cl2NO3/c1-18-5-6-19-13(17)9(8-16)7-10-11(14)3-2-4-12(10)15/h2-4,7H,5-6H2,1H3/b9-7+. The maximum Gasteiger partial charge on any atom is 0.348 e. The van der Waals surface area contributed by atoms with E-state index in [0.717, 1.165) is 0 Å². The van der Waals surface area contributed by atoms with Crippen molar-refractivity contribution in [2.24, 2.45) is 0 Å². The minimum absolute atomic E-state index is 0.0740. The molecule has 0 aliphatic heterocycles. The molecule has 0 aliphatic carbocycles. The molecule has 19 heavy (non-hydrogen) atoms. The number of halogens is 2.